The normalized spacial score (nSPS) is 15.3. The van der Waals surface area contributed by atoms with Gasteiger partial charge in [0, 0.05) is 11.3 Å². The first-order chi connectivity index (χ1) is 10.1. The summed E-state index contributed by atoms with van der Waals surface area (Å²) in [6, 6.07) is 9.26. The van der Waals surface area contributed by atoms with Gasteiger partial charge in [0.05, 0.1) is 26.4 Å². The van der Waals surface area contributed by atoms with Gasteiger partial charge in [-0.15, -0.1) is 11.3 Å². The Morgan fingerprint density at radius 1 is 1.19 bits per heavy atom. The second-order valence-electron chi connectivity index (χ2n) is 4.39. The van der Waals surface area contributed by atoms with Crippen molar-refractivity contribution in [2.24, 2.45) is 0 Å². The highest BCUT2D eigenvalue weighted by Gasteiger charge is 2.18. The van der Waals surface area contributed by atoms with Gasteiger partial charge in [-0.05, 0) is 50.1 Å². The lowest BCUT2D eigenvalue weighted by Crippen LogP contribution is -2.11. The van der Waals surface area contributed by atoms with Crippen LogP contribution in [0.5, 0.6) is 0 Å². The van der Waals surface area contributed by atoms with Crippen LogP contribution in [0.2, 0.25) is 0 Å². The van der Waals surface area contributed by atoms with Crippen LogP contribution in [0, 0.1) is 0 Å². The number of thiophene rings is 1. The zero-order valence-corrected chi connectivity index (χ0v) is 14.8. The van der Waals surface area contributed by atoms with E-state index < -0.39 is 0 Å². The number of hydrogen-bond donors (Lipinski definition) is 1. The first-order valence-corrected chi connectivity index (χ1v) is 8.63. The van der Waals surface area contributed by atoms with Crippen molar-refractivity contribution < 1.29 is 14.3 Å². The van der Waals surface area contributed by atoms with Gasteiger partial charge in [-0.2, -0.15) is 0 Å². The fourth-order valence-corrected chi connectivity index (χ4v) is 4.76. The maximum absolute atomic E-state index is 12.2. The van der Waals surface area contributed by atoms with Gasteiger partial charge in [0.2, 0.25) is 0 Å². The second kappa shape index (κ2) is 6.58. The van der Waals surface area contributed by atoms with Crippen LogP contribution in [0.1, 0.15) is 22.2 Å². The van der Waals surface area contributed by atoms with Gasteiger partial charge in [0.15, 0.2) is 6.29 Å². The Hall–Kier alpha value is -0.730. The van der Waals surface area contributed by atoms with E-state index in [9.17, 15) is 4.79 Å². The van der Waals surface area contributed by atoms with Crippen LogP contribution < -0.4 is 5.32 Å². The summed E-state index contributed by atoms with van der Waals surface area (Å²) >= 11 is 8.21. The SMILES string of the molecule is O=C(Nc1ccc(C2OCCO2)cc1)c1cc(Br)sc1Br. The van der Waals surface area contributed by atoms with Gasteiger partial charge in [-0.1, -0.05) is 12.1 Å². The molecule has 1 aromatic carbocycles. The molecule has 0 radical (unpaired) electrons. The number of rotatable bonds is 3. The molecule has 1 saturated heterocycles. The summed E-state index contributed by atoms with van der Waals surface area (Å²) in [7, 11) is 0. The number of carbonyl (C=O) groups excluding carboxylic acids is 1. The predicted molar refractivity (Wildman–Crippen MR) is 88.8 cm³/mol. The van der Waals surface area contributed by atoms with Crippen LogP contribution in [0.3, 0.4) is 0 Å². The Kier molecular flexibility index (Phi) is 4.75. The molecule has 1 amide bonds. The summed E-state index contributed by atoms with van der Waals surface area (Å²) < 4.78 is 12.6. The lowest BCUT2D eigenvalue weighted by Gasteiger charge is -2.10. The number of carbonyl (C=O) groups is 1. The Morgan fingerprint density at radius 2 is 1.86 bits per heavy atom. The molecule has 1 aliphatic rings. The van der Waals surface area contributed by atoms with Crippen molar-refractivity contribution in [1.29, 1.82) is 0 Å². The molecule has 0 atom stereocenters. The fraction of sp³-hybridized carbons (Fsp3) is 0.214. The molecular weight excluding hydrogens is 422 g/mol. The van der Waals surface area contributed by atoms with Gasteiger partial charge >= 0.3 is 0 Å². The van der Waals surface area contributed by atoms with E-state index >= 15 is 0 Å². The summed E-state index contributed by atoms with van der Waals surface area (Å²) in [5.41, 5.74) is 2.29. The van der Waals surface area contributed by atoms with E-state index in [1.807, 2.05) is 24.3 Å². The number of amides is 1. The molecule has 0 saturated carbocycles. The maximum atomic E-state index is 12.2. The summed E-state index contributed by atoms with van der Waals surface area (Å²) in [5, 5.41) is 2.87. The van der Waals surface area contributed by atoms with E-state index in [2.05, 4.69) is 37.2 Å². The molecule has 1 N–H and O–H groups in total. The largest absolute Gasteiger partial charge is 0.346 e. The molecule has 1 aliphatic heterocycles. The van der Waals surface area contributed by atoms with Gasteiger partial charge < -0.3 is 14.8 Å². The predicted octanol–water partition coefficient (Wildman–Crippen LogP) is 4.57. The zero-order chi connectivity index (χ0) is 14.8. The van der Waals surface area contributed by atoms with E-state index in [-0.39, 0.29) is 12.2 Å². The molecule has 7 heteroatoms. The van der Waals surface area contributed by atoms with E-state index in [0.29, 0.717) is 18.8 Å². The third-order valence-corrected chi connectivity index (χ3v) is 5.30. The van der Waals surface area contributed by atoms with Crippen molar-refractivity contribution in [1.82, 2.24) is 0 Å². The summed E-state index contributed by atoms with van der Waals surface area (Å²) in [6.45, 7) is 1.23. The molecule has 4 nitrogen and oxygen atoms in total. The first kappa shape index (κ1) is 15.2. The monoisotopic (exact) mass is 431 g/mol. The molecule has 2 aromatic rings. The molecular formula is C14H11Br2NO3S. The Bertz CT molecular complexity index is 651. The summed E-state index contributed by atoms with van der Waals surface area (Å²) in [6.07, 6.45) is -0.295. The van der Waals surface area contributed by atoms with Crippen molar-refractivity contribution in [3.8, 4) is 0 Å². The molecule has 0 unspecified atom stereocenters. The molecule has 2 heterocycles. The smallest absolute Gasteiger partial charge is 0.257 e. The number of nitrogens with one attached hydrogen (secondary N) is 1. The van der Waals surface area contributed by atoms with Crippen LogP contribution in [0.4, 0.5) is 5.69 Å². The van der Waals surface area contributed by atoms with E-state index in [4.69, 9.17) is 9.47 Å². The van der Waals surface area contributed by atoms with Crippen molar-refractivity contribution in [2.45, 2.75) is 6.29 Å². The number of benzene rings is 1. The summed E-state index contributed by atoms with van der Waals surface area (Å²) in [5.74, 6) is -0.148. The van der Waals surface area contributed by atoms with E-state index in [1.54, 1.807) is 6.07 Å². The third-order valence-electron chi connectivity index (χ3n) is 2.96. The van der Waals surface area contributed by atoms with Crippen LogP contribution in [0.15, 0.2) is 37.9 Å². The number of ether oxygens (including phenoxy) is 2. The molecule has 3 rings (SSSR count). The Labute approximate surface area is 142 Å². The lowest BCUT2D eigenvalue weighted by molar-refractivity contribution is -0.0441. The van der Waals surface area contributed by atoms with Crippen LogP contribution >= 0.6 is 43.2 Å². The quantitative estimate of drug-likeness (QED) is 0.772. The highest BCUT2D eigenvalue weighted by Crippen LogP contribution is 2.32. The van der Waals surface area contributed by atoms with Gasteiger partial charge in [0.25, 0.3) is 5.91 Å². The standard InChI is InChI=1S/C14H11Br2NO3S/c15-11-7-10(12(16)21-11)13(18)17-9-3-1-8(2-4-9)14-19-5-6-20-14/h1-4,7,14H,5-6H2,(H,17,18). The van der Waals surface area contributed by atoms with Crippen LogP contribution in [0.25, 0.3) is 0 Å². The zero-order valence-electron chi connectivity index (χ0n) is 10.8. The highest BCUT2D eigenvalue weighted by atomic mass is 79.9. The highest BCUT2D eigenvalue weighted by molar-refractivity contribution is 9.12. The average molecular weight is 433 g/mol. The topological polar surface area (TPSA) is 47.6 Å². The summed E-state index contributed by atoms with van der Waals surface area (Å²) in [4.78, 5) is 12.2. The number of hydrogen-bond acceptors (Lipinski definition) is 4. The minimum absolute atomic E-state index is 0.148. The van der Waals surface area contributed by atoms with Gasteiger partial charge in [-0.3, -0.25) is 4.79 Å². The molecule has 0 spiro atoms. The lowest BCUT2D eigenvalue weighted by atomic mass is 10.2. The Morgan fingerprint density at radius 3 is 2.43 bits per heavy atom. The van der Waals surface area contributed by atoms with Crippen molar-refractivity contribution in [2.75, 3.05) is 18.5 Å². The third kappa shape index (κ3) is 3.54. The first-order valence-electron chi connectivity index (χ1n) is 6.23. The maximum Gasteiger partial charge on any atom is 0.257 e. The molecule has 110 valence electrons. The minimum Gasteiger partial charge on any atom is -0.346 e. The van der Waals surface area contributed by atoms with Gasteiger partial charge in [0.1, 0.15) is 0 Å². The van der Waals surface area contributed by atoms with Crippen molar-refractivity contribution in [3.63, 3.8) is 0 Å². The average Bonchev–Trinajstić information content (AvgIpc) is 3.09. The Balaban J connectivity index is 1.70. The molecule has 21 heavy (non-hydrogen) atoms. The molecule has 1 fully saturated rings. The van der Waals surface area contributed by atoms with E-state index in [1.165, 1.54) is 11.3 Å². The second-order valence-corrected chi connectivity index (χ2v) is 8.14. The van der Waals surface area contributed by atoms with Crippen molar-refractivity contribution >= 4 is 54.8 Å². The molecule has 1 aromatic heterocycles. The van der Waals surface area contributed by atoms with Crippen LogP contribution in [-0.2, 0) is 9.47 Å². The molecule has 0 bridgehead atoms. The van der Waals surface area contributed by atoms with Crippen molar-refractivity contribution in [3.05, 3.63) is 49.0 Å². The molecule has 0 aliphatic carbocycles. The van der Waals surface area contributed by atoms with Gasteiger partial charge in [-0.25, -0.2) is 0 Å². The minimum atomic E-state index is -0.295. The van der Waals surface area contributed by atoms with Crippen LogP contribution in [-0.4, -0.2) is 19.1 Å². The fourth-order valence-electron chi connectivity index (χ4n) is 1.97. The number of anilines is 1. The number of halogens is 2. The van der Waals surface area contributed by atoms with E-state index in [0.717, 1.165) is 18.8 Å².